The second kappa shape index (κ2) is 5.53. The Labute approximate surface area is 132 Å². The zero-order valence-electron chi connectivity index (χ0n) is 12.2. The molecule has 116 valence electrons. The van der Waals surface area contributed by atoms with Crippen LogP contribution in [0.2, 0.25) is 0 Å². The molecule has 1 saturated heterocycles. The standard InChI is InChI=1S/C12H18N4O2S3/c1-8(2)10-11(16-12(13-10)20-9(3)14-16)21(17,18)15-4-6-19-7-5-15/h8H,4-7H2,1-3H3. The van der Waals surface area contributed by atoms with E-state index >= 15 is 0 Å². The van der Waals surface area contributed by atoms with Crippen LogP contribution in [0.5, 0.6) is 0 Å². The topological polar surface area (TPSA) is 67.6 Å². The van der Waals surface area contributed by atoms with Gasteiger partial charge in [0.25, 0.3) is 10.0 Å². The number of hydrogen-bond acceptors (Lipinski definition) is 6. The van der Waals surface area contributed by atoms with E-state index in [2.05, 4.69) is 10.1 Å². The van der Waals surface area contributed by atoms with E-state index < -0.39 is 10.0 Å². The fourth-order valence-electron chi connectivity index (χ4n) is 2.37. The van der Waals surface area contributed by atoms with Gasteiger partial charge in [0.2, 0.25) is 4.96 Å². The number of hydrogen-bond donors (Lipinski definition) is 0. The van der Waals surface area contributed by atoms with Crippen molar-refractivity contribution in [3.63, 3.8) is 0 Å². The second-order valence-electron chi connectivity index (χ2n) is 5.29. The van der Waals surface area contributed by atoms with Crippen molar-refractivity contribution in [2.45, 2.75) is 31.7 Å². The molecule has 0 amide bonds. The quantitative estimate of drug-likeness (QED) is 0.850. The highest BCUT2D eigenvalue weighted by Crippen LogP contribution is 2.30. The normalized spacial score (nSPS) is 17.9. The third-order valence-electron chi connectivity index (χ3n) is 3.39. The summed E-state index contributed by atoms with van der Waals surface area (Å²) in [5.41, 5.74) is 0.618. The van der Waals surface area contributed by atoms with E-state index in [0.29, 0.717) is 23.7 Å². The van der Waals surface area contributed by atoms with Crippen molar-refractivity contribution in [1.82, 2.24) is 18.9 Å². The molecule has 2 aromatic rings. The molecule has 0 aromatic carbocycles. The Morgan fingerprint density at radius 2 is 1.90 bits per heavy atom. The lowest BCUT2D eigenvalue weighted by Crippen LogP contribution is -2.38. The maximum Gasteiger partial charge on any atom is 0.262 e. The largest absolute Gasteiger partial charge is 0.262 e. The van der Waals surface area contributed by atoms with Crippen molar-refractivity contribution >= 4 is 38.1 Å². The van der Waals surface area contributed by atoms with Gasteiger partial charge in [-0.2, -0.15) is 25.7 Å². The lowest BCUT2D eigenvalue weighted by molar-refractivity contribution is 0.437. The summed E-state index contributed by atoms with van der Waals surface area (Å²) in [6.07, 6.45) is 0. The zero-order chi connectivity index (χ0) is 15.2. The summed E-state index contributed by atoms with van der Waals surface area (Å²) >= 11 is 3.21. The Kier molecular flexibility index (Phi) is 4.02. The van der Waals surface area contributed by atoms with Crippen LogP contribution in [0.1, 0.15) is 30.5 Å². The molecular formula is C12H18N4O2S3. The van der Waals surface area contributed by atoms with E-state index in [1.807, 2.05) is 20.8 Å². The Hall–Kier alpha value is -0.640. The van der Waals surface area contributed by atoms with Gasteiger partial charge in [-0.1, -0.05) is 25.2 Å². The van der Waals surface area contributed by atoms with Gasteiger partial charge in [0, 0.05) is 24.6 Å². The van der Waals surface area contributed by atoms with Crippen molar-refractivity contribution < 1.29 is 8.42 Å². The summed E-state index contributed by atoms with van der Waals surface area (Å²) in [7, 11) is -3.54. The van der Waals surface area contributed by atoms with Crippen LogP contribution in [0.25, 0.3) is 4.96 Å². The average molecular weight is 347 g/mol. The lowest BCUT2D eigenvalue weighted by Gasteiger charge is -2.25. The molecule has 0 aliphatic carbocycles. The van der Waals surface area contributed by atoms with Crippen LogP contribution in [0.4, 0.5) is 0 Å². The van der Waals surface area contributed by atoms with Crippen LogP contribution >= 0.6 is 23.1 Å². The second-order valence-corrected chi connectivity index (χ2v) is 9.53. The summed E-state index contributed by atoms with van der Waals surface area (Å²) < 4.78 is 29.1. The highest BCUT2D eigenvalue weighted by molar-refractivity contribution is 7.99. The first-order valence-electron chi connectivity index (χ1n) is 6.85. The van der Waals surface area contributed by atoms with Gasteiger partial charge in [-0.3, -0.25) is 0 Å². The number of rotatable bonds is 3. The molecule has 21 heavy (non-hydrogen) atoms. The predicted molar refractivity (Wildman–Crippen MR) is 85.8 cm³/mol. The summed E-state index contributed by atoms with van der Waals surface area (Å²) in [5, 5.41) is 5.41. The fraction of sp³-hybridized carbons (Fsp3) is 0.667. The fourth-order valence-corrected chi connectivity index (χ4v) is 6.11. The molecule has 6 nitrogen and oxygen atoms in total. The van der Waals surface area contributed by atoms with E-state index in [0.717, 1.165) is 16.5 Å². The van der Waals surface area contributed by atoms with Crippen LogP contribution < -0.4 is 0 Å². The number of sulfonamides is 1. The van der Waals surface area contributed by atoms with E-state index in [4.69, 9.17) is 0 Å². The molecule has 0 saturated carbocycles. The van der Waals surface area contributed by atoms with E-state index in [-0.39, 0.29) is 10.9 Å². The molecule has 0 bridgehead atoms. The summed E-state index contributed by atoms with van der Waals surface area (Å²) in [6.45, 7) is 6.90. The average Bonchev–Trinajstić information content (AvgIpc) is 2.95. The van der Waals surface area contributed by atoms with E-state index in [1.165, 1.54) is 15.9 Å². The van der Waals surface area contributed by atoms with Crippen LogP contribution in [-0.2, 0) is 10.0 Å². The van der Waals surface area contributed by atoms with Gasteiger partial charge in [-0.25, -0.2) is 13.4 Å². The van der Waals surface area contributed by atoms with Gasteiger partial charge in [0.05, 0.1) is 5.69 Å². The van der Waals surface area contributed by atoms with Crippen molar-refractivity contribution in [2.75, 3.05) is 24.6 Å². The first-order valence-corrected chi connectivity index (χ1v) is 10.3. The number of aromatic nitrogens is 3. The Morgan fingerprint density at radius 3 is 2.52 bits per heavy atom. The molecule has 0 N–H and O–H groups in total. The smallest absolute Gasteiger partial charge is 0.221 e. The molecule has 2 aromatic heterocycles. The Morgan fingerprint density at radius 1 is 1.24 bits per heavy atom. The highest BCUT2D eigenvalue weighted by Gasteiger charge is 2.34. The Bertz CT molecular complexity index is 757. The van der Waals surface area contributed by atoms with Gasteiger partial charge < -0.3 is 0 Å². The van der Waals surface area contributed by atoms with Gasteiger partial charge >= 0.3 is 0 Å². The summed E-state index contributed by atoms with van der Waals surface area (Å²) in [4.78, 5) is 5.16. The van der Waals surface area contributed by atoms with Gasteiger partial charge in [0.15, 0.2) is 5.03 Å². The van der Waals surface area contributed by atoms with Gasteiger partial charge in [0.1, 0.15) is 5.01 Å². The van der Waals surface area contributed by atoms with Crippen molar-refractivity contribution in [1.29, 1.82) is 0 Å². The third-order valence-corrected chi connectivity index (χ3v) is 7.07. The number of nitrogens with zero attached hydrogens (tertiary/aromatic N) is 4. The van der Waals surface area contributed by atoms with Crippen LogP contribution in [0.15, 0.2) is 5.03 Å². The molecule has 0 spiro atoms. The predicted octanol–water partition coefficient (Wildman–Crippen LogP) is 1.96. The maximum atomic E-state index is 13.0. The summed E-state index contributed by atoms with van der Waals surface area (Å²) in [5.74, 6) is 1.73. The highest BCUT2D eigenvalue weighted by atomic mass is 32.2. The maximum absolute atomic E-state index is 13.0. The van der Waals surface area contributed by atoms with Crippen LogP contribution in [0.3, 0.4) is 0 Å². The van der Waals surface area contributed by atoms with Gasteiger partial charge in [-0.05, 0) is 12.8 Å². The molecule has 0 atom stereocenters. The molecule has 9 heteroatoms. The van der Waals surface area contributed by atoms with Crippen molar-refractivity contribution in [3.05, 3.63) is 10.7 Å². The van der Waals surface area contributed by atoms with E-state index in [9.17, 15) is 8.42 Å². The lowest BCUT2D eigenvalue weighted by atomic mass is 10.2. The molecule has 1 aliphatic heterocycles. The van der Waals surface area contributed by atoms with E-state index in [1.54, 1.807) is 16.1 Å². The minimum Gasteiger partial charge on any atom is -0.221 e. The number of imidazole rings is 1. The molecule has 3 heterocycles. The SMILES string of the molecule is Cc1nn2c(S(=O)(=O)N3CCSCC3)c(C(C)C)nc2s1. The molecule has 0 radical (unpaired) electrons. The molecule has 0 unspecified atom stereocenters. The number of fused-ring (bicyclic) bond motifs is 1. The molecule has 3 rings (SSSR count). The number of aryl methyl sites for hydroxylation is 1. The first-order chi connectivity index (χ1) is 9.91. The third kappa shape index (κ3) is 2.60. The summed E-state index contributed by atoms with van der Waals surface area (Å²) in [6, 6.07) is 0. The van der Waals surface area contributed by atoms with Crippen LogP contribution in [0, 0.1) is 6.92 Å². The molecule has 1 aliphatic rings. The van der Waals surface area contributed by atoms with Crippen molar-refractivity contribution in [2.24, 2.45) is 0 Å². The monoisotopic (exact) mass is 346 g/mol. The van der Waals surface area contributed by atoms with Gasteiger partial charge in [-0.15, -0.1) is 0 Å². The van der Waals surface area contributed by atoms with Crippen molar-refractivity contribution in [3.8, 4) is 0 Å². The minimum atomic E-state index is -3.54. The molecule has 1 fully saturated rings. The zero-order valence-corrected chi connectivity index (χ0v) is 14.7. The van der Waals surface area contributed by atoms with Crippen LogP contribution in [-0.4, -0.2) is 51.9 Å². The Balaban J connectivity index is 2.18. The minimum absolute atomic E-state index is 0.0446. The molecular weight excluding hydrogens is 328 g/mol. The number of thioether (sulfide) groups is 1. The first kappa shape index (κ1) is 15.3.